The van der Waals surface area contributed by atoms with Gasteiger partial charge in [-0.2, -0.15) is 15.0 Å². The average molecular weight is 406 g/mol. The number of nitrogens with zero attached hydrogens (tertiary/aromatic N) is 5. The van der Waals surface area contributed by atoms with Gasteiger partial charge >= 0.3 is 0 Å². The molecule has 0 aliphatic carbocycles. The van der Waals surface area contributed by atoms with Crippen LogP contribution in [0.15, 0.2) is 18.3 Å². The maximum absolute atomic E-state index is 14.7. The zero-order valence-electron chi connectivity index (χ0n) is 15.5. The van der Waals surface area contributed by atoms with Crippen molar-refractivity contribution in [2.75, 3.05) is 19.5 Å². The second-order valence-electron chi connectivity index (χ2n) is 5.79. The van der Waals surface area contributed by atoms with E-state index in [-0.39, 0.29) is 22.2 Å². The van der Waals surface area contributed by atoms with Gasteiger partial charge in [-0.25, -0.2) is 4.39 Å². The number of amides is 1. The number of rotatable bonds is 5. The van der Waals surface area contributed by atoms with Gasteiger partial charge in [0.15, 0.2) is 16.6 Å². The molecular formula is C17H17ClFN7O2. The van der Waals surface area contributed by atoms with Crippen molar-refractivity contribution in [1.82, 2.24) is 30.5 Å². The van der Waals surface area contributed by atoms with E-state index in [0.717, 1.165) is 0 Å². The van der Waals surface area contributed by atoms with Gasteiger partial charge in [0, 0.05) is 26.2 Å². The summed E-state index contributed by atoms with van der Waals surface area (Å²) in [6.45, 7) is 1.62. The molecule has 0 saturated heterocycles. The Labute approximate surface area is 164 Å². The minimum absolute atomic E-state index is 0.00371. The van der Waals surface area contributed by atoms with Crippen molar-refractivity contribution in [3.05, 3.63) is 40.6 Å². The molecule has 0 saturated carbocycles. The number of ether oxygens (including phenoxy) is 1. The summed E-state index contributed by atoms with van der Waals surface area (Å²) in [6, 6.07) is 2.67. The van der Waals surface area contributed by atoms with Crippen LogP contribution in [0.3, 0.4) is 0 Å². The Balaban J connectivity index is 2.18. The van der Waals surface area contributed by atoms with Crippen molar-refractivity contribution >= 4 is 28.9 Å². The van der Waals surface area contributed by atoms with E-state index in [1.807, 2.05) is 0 Å². The standard InChI is InChI=1S/C17H17ClFN7O2/c1-8-9(19)5-11(16(28-4)14(8)12-7-21-26(3)25-12)22-10-6-13(18)23-24-15(10)17(27)20-2/h5-7H,1-4H3,(H,20,27)(H,22,23). The molecule has 1 aromatic carbocycles. The first-order chi connectivity index (χ1) is 13.3. The molecule has 0 radical (unpaired) electrons. The molecule has 2 heterocycles. The lowest BCUT2D eigenvalue weighted by atomic mass is 10.0. The number of aromatic nitrogens is 5. The monoisotopic (exact) mass is 405 g/mol. The molecule has 0 spiro atoms. The van der Waals surface area contributed by atoms with Crippen LogP contribution in [-0.2, 0) is 7.05 Å². The van der Waals surface area contributed by atoms with E-state index >= 15 is 0 Å². The molecule has 28 heavy (non-hydrogen) atoms. The van der Waals surface area contributed by atoms with Crippen LogP contribution in [0.1, 0.15) is 16.1 Å². The lowest BCUT2D eigenvalue weighted by Crippen LogP contribution is -2.21. The van der Waals surface area contributed by atoms with Crippen LogP contribution < -0.4 is 15.4 Å². The molecule has 2 aromatic heterocycles. The van der Waals surface area contributed by atoms with Gasteiger partial charge in [-0.15, -0.1) is 10.2 Å². The third-order valence-electron chi connectivity index (χ3n) is 4.01. The summed E-state index contributed by atoms with van der Waals surface area (Å²) in [6.07, 6.45) is 1.51. The SMILES string of the molecule is CNC(=O)c1nnc(Cl)cc1Nc1cc(F)c(C)c(-c2cnn(C)n2)c1OC. The summed E-state index contributed by atoms with van der Waals surface area (Å²) >= 11 is 5.92. The summed E-state index contributed by atoms with van der Waals surface area (Å²) in [4.78, 5) is 13.4. The molecule has 3 aromatic rings. The molecule has 1 amide bonds. The normalized spacial score (nSPS) is 10.6. The fraction of sp³-hybridized carbons (Fsp3) is 0.235. The number of methoxy groups -OCH3 is 1. The van der Waals surface area contributed by atoms with Crippen LogP contribution in [0, 0.1) is 12.7 Å². The third-order valence-corrected chi connectivity index (χ3v) is 4.20. The van der Waals surface area contributed by atoms with Gasteiger partial charge in [-0.05, 0) is 12.5 Å². The van der Waals surface area contributed by atoms with Crippen LogP contribution in [0.25, 0.3) is 11.3 Å². The topological polar surface area (TPSA) is 107 Å². The van der Waals surface area contributed by atoms with Gasteiger partial charge in [0.1, 0.15) is 11.5 Å². The summed E-state index contributed by atoms with van der Waals surface area (Å²) in [7, 11) is 4.57. The number of carbonyl (C=O) groups is 1. The van der Waals surface area contributed by atoms with Crippen molar-refractivity contribution in [3.8, 4) is 17.0 Å². The van der Waals surface area contributed by atoms with Gasteiger partial charge in [0.05, 0.1) is 30.2 Å². The van der Waals surface area contributed by atoms with E-state index in [4.69, 9.17) is 16.3 Å². The second kappa shape index (κ2) is 7.77. The minimum Gasteiger partial charge on any atom is -0.494 e. The molecule has 0 fully saturated rings. The Hall–Kier alpha value is -3.27. The van der Waals surface area contributed by atoms with Crippen LogP contribution in [0.5, 0.6) is 5.75 Å². The largest absolute Gasteiger partial charge is 0.494 e. The van der Waals surface area contributed by atoms with E-state index in [1.54, 1.807) is 14.0 Å². The molecule has 2 N–H and O–H groups in total. The van der Waals surface area contributed by atoms with E-state index in [9.17, 15) is 9.18 Å². The number of hydrogen-bond donors (Lipinski definition) is 2. The lowest BCUT2D eigenvalue weighted by Gasteiger charge is -2.18. The first-order valence-corrected chi connectivity index (χ1v) is 8.49. The average Bonchev–Trinajstić information content (AvgIpc) is 3.09. The molecule has 9 nitrogen and oxygen atoms in total. The fourth-order valence-corrected chi connectivity index (χ4v) is 2.84. The number of benzene rings is 1. The smallest absolute Gasteiger partial charge is 0.273 e. The number of carbonyl (C=O) groups excluding carboxylic acids is 1. The summed E-state index contributed by atoms with van der Waals surface area (Å²) in [5.41, 5.74) is 1.73. The Kier molecular flexibility index (Phi) is 5.41. The van der Waals surface area contributed by atoms with Crippen molar-refractivity contribution in [2.24, 2.45) is 7.05 Å². The second-order valence-corrected chi connectivity index (χ2v) is 6.18. The quantitative estimate of drug-likeness (QED) is 0.671. The van der Waals surface area contributed by atoms with E-state index in [2.05, 4.69) is 31.0 Å². The number of aryl methyl sites for hydroxylation is 1. The van der Waals surface area contributed by atoms with Crippen LogP contribution in [-0.4, -0.2) is 45.3 Å². The predicted octanol–water partition coefficient (Wildman–Crippen LogP) is 2.48. The highest BCUT2D eigenvalue weighted by molar-refractivity contribution is 6.29. The van der Waals surface area contributed by atoms with Crippen molar-refractivity contribution < 1.29 is 13.9 Å². The molecular weight excluding hydrogens is 389 g/mol. The summed E-state index contributed by atoms with van der Waals surface area (Å²) in [5.74, 6) is -0.638. The van der Waals surface area contributed by atoms with Gasteiger partial charge in [-0.3, -0.25) is 4.79 Å². The maximum Gasteiger partial charge on any atom is 0.273 e. The lowest BCUT2D eigenvalue weighted by molar-refractivity contribution is 0.0958. The van der Waals surface area contributed by atoms with Crippen molar-refractivity contribution in [2.45, 2.75) is 6.92 Å². The highest BCUT2D eigenvalue weighted by Gasteiger charge is 2.22. The Morgan fingerprint density at radius 1 is 1.29 bits per heavy atom. The Morgan fingerprint density at radius 2 is 2.04 bits per heavy atom. The third kappa shape index (κ3) is 3.58. The van der Waals surface area contributed by atoms with Gasteiger partial charge in [-0.1, -0.05) is 11.6 Å². The molecule has 0 bridgehead atoms. The number of halogens is 2. The number of nitrogens with one attached hydrogen (secondary N) is 2. The molecule has 11 heteroatoms. The van der Waals surface area contributed by atoms with Gasteiger partial charge in [0.25, 0.3) is 5.91 Å². The van der Waals surface area contributed by atoms with Crippen molar-refractivity contribution in [1.29, 1.82) is 0 Å². The van der Waals surface area contributed by atoms with Crippen molar-refractivity contribution in [3.63, 3.8) is 0 Å². The number of hydrogen-bond acceptors (Lipinski definition) is 7. The van der Waals surface area contributed by atoms with Crippen LogP contribution >= 0.6 is 11.6 Å². The summed E-state index contributed by atoms with van der Waals surface area (Å²) in [5, 5.41) is 21.3. The Bertz CT molecular complexity index is 1050. The molecule has 0 aliphatic heterocycles. The van der Waals surface area contributed by atoms with Crippen LogP contribution in [0.4, 0.5) is 15.8 Å². The van der Waals surface area contributed by atoms with E-state index in [0.29, 0.717) is 22.6 Å². The molecule has 0 unspecified atom stereocenters. The minimum atomic E-state index is -0.487. The molecule has 0 aliphatic rings. The number of anilines is 2. The first-order valence-electron chi connectivity index (χ1n) is 8.11. The molecule has 146 valence electrons. The van der Waals surface area contributed by atoms with E-state index in [1.165, 1.54) is 37.3 Å². The molecule has 0 atom stereocenters. The molecule has 3 rings (SSSR count). The van der Waals surface area contributed by atoms with E-state index < -0.39 is 11.7 Å². The zero-order chi connectivity index (χ0) is 20.4. The predicted molar refractivity (Wildman–Crippen MR) is 101 cm³/mol. The maximum atomic E-state index is 14.7. The zero-order valence-corrected chi connectivity index (χ0v) is 16.3. The van der Waals surface area contributed by atoms with Gasteiger partial charge in [0.2, 0.25) is 0 Å². The highest BCUT2D eigenvalue weighted by atomic mass is 35.5. The van der Waals surface area contributed by atoms with Crippen LogP contribution in [0.2, 0.25) is 5.15 Å². The Morgan fingerprint density at radius 3 is 2.64 bits per heavy atom. The van der Waals surface area contributed by atoms with Gasteiger partial charge < -0.3 is 15.4 Å². The summed E-state index contributed by atoms with van der Waals surface area (Å²) < 4.78 is 20.2. The fourth-order valence-electron chi connectivity index (χ4n) is 2.69. The highest BCUT2D eigenvalue weighted by Crippen LogP contribution is 2.41. The first kappa shape index (κ1) is 19.5.